The number of nitrogens with one attached hydrogen (secondary N) is 1. The van der Waals surface area contributed by atoms with E-state index in [4.69, 9.17) is 11.6 Å². The summed E-state index contributed by atoms with van der Waals surface area (Å²) in [7, 11) is -3.80. The monoisotopic (exact) mass is 533 g/mol. The second-order valence-electron chi connectivity index (χ2n) is 9.73. The van der Waals surface area contributed by atoms with Crippen molar-refractivity contribution in [1.29, 1.82) is 0 Å². The van der Waals surface area contributed by atoms with Crippen LogP contribution in [0.3, 0.4) is 0 Å². The van der Waals surface area contributed by atoms with E-state index in [1.54, 1.807) is 19.1 Å². The standard InChI is InChI=1S/C27H36ClN3O4S/c1-19-10-13-22(14-11-19)17-30(21(3)27(33)29-23-8-6-5-7-9-23)26(32)18-31(36(4,34)35)24-15-12-20(2)25(28)16-24/h10-16,21,23H,5-9,17-18H2,1-4H3,(H,29,33). The quantitative estimate of drug-likeness (QED) is 0.511. The Hall–Kier alpha value is -2.58. The normalized spacial score (nSPS) is 15.2. The summed E-state index contributed by atoms with van der Waals surface area (Å²) in [4.78, 5) is 28.3. The number of carbonyl (C=O) groups excluding carboxylic acids is 2. The Morgan fingerprint density at radius 3 is 2.28 bits per heavy atom. The van der Waals surface area contributed by atoms with Crippen LogP contribution in [0, 0.1) is 13.8 Å². The highest BCUT2D eigenvalue weighted by Gasteiger charge is 2.31. The molecule has 2 amide bonds. The highest BCUT2D eigenvalue weighted by Crippen LogP contribution is 2.25. The highest BCUT2D eigenvalue weighted by molar-refractivity contribution is 7.92. The molecule has 0 radical (unpaired) electrons. The van der Waals surface area contributed by atoms with Crippen LogP contribution in [0.5, 0.6) is 0 Å². The van der Waals surface area contributed by atoms with Gasteiger partial charge in [-0.05, 0) is 56.9 Å². The summed E-state index contributed by atoms with van der Waals surface area (Å²) < 4.78 is 26.4. The molecular weight excluding hydrogens is 498 g/mol. The Labute approximate surface area is 219 Å². The van der Waals surface area contributed by atoms with Crippen molar-refractivity contribution in [2.24, 2.45) is 0 Å². The maximum Gasteiger partial charge on any atom is 0.244 e. The third kappa shape index (κ3) is 7.46. The van der Waals surface area contributed by atoms with Gasteiger partial charge in [0.15, 0.2) is 0 Å². The maximum absolute atomic E-state index is 13.6. The van der Waals surface area contributed by atoms with E-state index >= 15 is 0 Å². The minimum absolute atomic E-state index is 0.104. The lowest BCUT2D eigenvalue weighted by molar-refractivity contribution is -0.139. The zero-order chi connectivity index (χ0) is 26.5. The molecule has 7 nitrogen and oxygen atoms in total. The topological polar surface area (TPSA) is 86.8 Å². The van der Waals surface area contributed by atoms with E-state index in [1.165, 1.54) is 17.4 Å². The number of anilines is 1. The van der Waals surface area contributed by atoms with Gasteiger partial charge in [0, 0.05) is 17.6 Å². The van der Waals surface area contributed by atoms with Crippen LogP contribution in [-0.4, -0.2) is 50.0 Å². The zero-order valence-corrected chi connectivity index (χ0v) is 23.0. The number of aryl methyl sites for hydroxylation is 2. The second-order valence-corrected chi connectivity index (χ2v) is 12.0. The molecule has 3 rings (SSSR count). The summed E-state index contributed by atoms with van der Waals surface area (Å²) in [6.07, 6.45) is 6.24. The number of hydrogen-bond donors (Lipinski definition) is 1. The van der Waals surface area contributed by atoms with Gasteiger partial charge in [-0.25, -0.2) is 8.42 Å². The van der Waals surface area contributed by atoms with Crippen molar-refractivity contribution in [3.05, 3.63) is 64.2 Å². The summed E-state index contributed by atoms with van der Waals surface area (Å²) in [5, 5.41) is 3.50. The van der Waals surface area contributed by atoms with Gasteiger partial charge in [0.1, 0.15) is 12.6 Å². The van der Waals surface area contributed by atoms with Crippen LogP contribution in [0.15, 0.2) is 42.5 Å². The number of sulfonamides is 1. The van der Waals surface area contributed by atoms with E-state index in [9.17, 15) is 18.0 Å². The van der Waals surface area contributed by atoms with Crippen molar-refractivity contribution in [3.63, 3.8) is 0 Å². The number of benzene rings is 2. The van der Waals surface area contributed by atoms with Gasteiger partial charge in [-0.15, -0.1) is 0 Å². The number of rotatable bonds is 9. The van der Waals surface area contributed by atoms with E-state index in [-0.39, 0.29) is 18.5 Å². The smallest absolute Gasteiger partial charge is 0.244 e. The molecule has 1 fully saturated rings. The summed E-state index contributed by atoms with van der Waals surface area (Å²) in [5.41, 5.74) is 3.04. The van der Waals surface area contributed by atoms with Crippen LogP contribution in [0.2, 0.25) is 5.02 Å². The van der Waals surface area contributed by atoms with Gasteiger partial charge in [0.05, 0.1) is 11.9 Å². The Balaban J connectivity index is 1.87. The molecule has 1 unspecified atom stereocenters. The number of halogens is 1. The zero-order valence-electron chi connectivity index (χ0n) is 21.5. The van der Waals surface area contributed by atoms with Gasteiger partial charge < -0.3 is 10.2 Å². The largest absolute Gasteiger partial charge is 0.352 e. The number of amides is 2. The van der Waals surface area contributed by atoms with Crippen LogP contribution >= 0.6 is 11.6 Å². The fraction of sp³-hybridized carbons (Fsp3) is 0.481. The molecule has 0 aliphatic heterocycles. The van der Waals surface area contributed by atoms with Crippen molar-refractivity contribution in [2.75, 3.05) is 17.1 Å². The third-order valence-corrected chi connectivity index (χ3v) is 8.26. The lowest BCUT2D eigenvalue weighted by atomic mass is 9.95. The summed E-state index contributed by atoms with van der Waals surface area (Å²) in [5.74, 6) is -0.698. The van der Waals surface area contributed by atoms with Crippen LogP contribution in [-0.2, 0) is 26.2 Å². The van der Waals surface area contributed by atoms with Gasteiger partial charge in [0.25, 0.3) is 0 Å². The Kier molecular flexibility index (Phi) is 9.41. The first-order chi connectivity index (χ1) is 17.0. The number of hydrogen-bond acceptors (Lipinski definition) is 4. The molecule has 36 heavy (non-hydrogen) atoms. The van der Waals surface area contributed by atoms with Gasteiger partial charge in [-0.2, -0.15) is 0 Å². The lowest BCUT2D eigenvalue weighted by Gasteiger charge is -2.33. The molecular formula is C27H36ClN3O4S. The maximum atomic E-state index is 13.6. The van der Waals surface area contributed by atoms with E-state index in [0.717, 1.165) is 52.9 Å². The summed E-state index contributed by atoms with van der Waals surface area (Å²) >= 11 is 6.24. The molecule has 196 valence electrons. The van der Waals surface area contributed by atoms with Gasteiger partial charge in [0.2, 0.25) is 21.8 Å². The van der Waals surface area contributed by atoms with E-state index in [0.29, 0.717) is 10.7 Å². The fourth-order valence-electron chi connectivity index (χ4n) is 4.39. The molecule has 9 heteroatoms. The second kappa shape index (κ2) is 12.1. The predicted octanol–water partition coefficient (Wildman–Crippen LogP) is 4.59. The molecule has 1 atom stereocenters. The van der Waals surface area contributed by atoms with Crippen molar-refractivity contribution in [2.45, 2.75) is 71.5 Å². The van der Waals surface area contributed by atoms with Gasteiger partial charge in [-0.3, -0.25) is 13.9 Å². The molecule has 1 aliphatic rings. The number of carbonyl (C=O) groups is 2. The minimum atomic E-state index is -3.80. The number of nitrogens with zero attached hydrogens (tertiary/aromatic N) is 2. The van der Waals surface area contributed by atoms with Gasteiger partial charge >= 0.3 is 0 Å². The van der Waals surface area contributed by atoms with E-state index in [2.05, 4.69) is 5.32 Å². The van der Waals surface area contributed by atoms with E-state index < -0.39 is 28.5 Å². The van der Waals surface area contributed by atoms with Crippen molar-refractivity contribution in [1.82, 2.24) is 10.2 Å². The molecule has 0 spiro atoms. The molecule has 0 heterocycles. The molecule has 1 N–H and O–H groups in total. The fourth-order valence-corrected chi connectivity index (χ4v) is 5.41. The lowest BCUT2D eigenvalue weighted by Crippen LogP contribution is -2.52. The van der Waals surface area contributed by atoms with Crippen LogP contribution in [0.25, 0.3) is 0 Å². The molecule has 0 aromatic heterocycles. The first-order valence-corrected chi connectivity index (χ1v) is 14.6. The average molecular weight is 534 g/mol. The molecule has 0 bridgehead atoms. The Morgan fingerprint density at radius 2 is 1.69 bits per heavy atom. The van der Waals surface area contributed by atoms with Crippen LogP contribution < -0.4 is 9.62 Å². The molecule has 1 saturated carbocycles. The molecule has 2 aromatic carbocycles. The molecule has 0 saturated heterocycles. The molecule has 2 aromatic rings. The van der Waals surface area contributed by atoms with Gasteiger partial charge in [-0.1, -0.05) is 66.8 Å². The Morgan fingerprint density at radius 1 is 1.06 bits per heavy atom. The van der Waals surface area contributed by atoms with Crippen molar-refractivity contribution < 1.29 is 18.0 Å². The third-order valence-electron chi connectivity index (χ3n) is 6.71. The average Bonchev–Trinajstić information content (AvgIpc) is 2.83. The van der Waals surface area contributed by atoms with Crippen molar-refractivity contribution in [3.8, 4) is 0 Å². The SMILES string of the molecule is Cc1ccc(CN(C(=O)CN(c2ccc(C)c(Cl)c2)S(C)(=O)=O)C(C)C(=O)NC2CCCCC2)cc1. The van der Waals surface area contributed by atoms with Crippen LogP contribution in [0.4, 0.5) is 5.69 Å². The summed E-state index contributed by atoms with van der Waals surface area (Å²) in [6, 6.07) is 11.9. The predicted molar refractivity (Wildman–Crippen MR) is 145 cm³/mol. The highest BCUT2D eigenvalue weighted by atomic mass is 35.5. The first-order valence-electron chi connectivity index (χ1n) is 12.3. The van der Waals surface area contributed by atoms with Crippen molar-refractivity contribution >= 4 is 39.1 Å². The molecule has 1 aliphatic carbocycles. The first kappa shape index (κ1) is 28.0. The minimum Gasteiger partial charge on any atom is -0.352 e. The van der Waals surface area contributed by atoms with Crippen LogP contribution in [0.1, 0.15) is 55.7 Å². The summed E-state index contributed by atoms with van der Waals surface area (Å²) in [6.45, 7) is 5.23. The Bertz CT molecular complexity index is 1180. The van der Waals surface area contributed by atoms with E-state index in [1.807, 2.05) is 38.1 Å².